The van der Waals surface area contributed by atoms with E-state index in [1.54, 1.807) is 0 Å². The van der Waals surface area contributed by atoms with Crippen molar-refractivity contribution in [2.24, 2.45) is 0 Å². The van der Waals surface area contributed by atoms with Gasteiger partial charge in [-0.25, -0.2) is 0 Å². The number of para-hydroxylation sites is 2. The molecule has 0 aliphatic rings. The van der Waals surface area contributed by atoms with Crippen molar-refractivity contribution in [2.75, 3.05) is 0 Å². The Morgan fingerprint density at radius 2 is 0.558 bits per heavy atom. The minimum absolute atomic E-state index is 0.802. The molecule has 0 amide bonds. The van der Waals surface area contributed by atoms with Crippen LogP contribution in [0.1, 0.15) is 0 Å². The van der Waals surface area contributed by atoms with Gasteiger partial charge in [0.05, 0.1) is 0 Å². The topological polar surface area (TPSA) is 27.7 Å². The maximum atomic E-state index is 7.68. The van der Waals surface area contributed by atoms with Crippen LogP contribution in [0.3, 0.4) is 0 Å². The third kappa shape index (κ3) is 6.39. The summed E-state index contributed by atoms with van der Waals surface area (Å²) in [5, 5.41) is 4.84. The molecule has 0 bridgehead atoms. The van der Waals surface area contributed by atoms with E-state index in [0.717, 1.165) is 23.0 Å². The summed E-state index contributed by atoms with van der Waals surface area (Å²) in [6.45, 7) is 4.63. The number of benzene rings is 6. The standard InChI is InChI=1S/C38H34O3Si2/c1-42(35-19-11-5-12-20-35,37-27-23-33(24-28-37)39-31-15-7-3-8-16-31)41-43(2,36-21-13-6-14-22-36)38-29-25-34(26-30-38)40-32-17-9-4-10-18-32/h3-30H,1-2H3. The summed E-state index contributed by atoms with van der Waals surface area (Å²) in [6.07, 6.45) is 0. The van der Waals surface area contributed by atoms with Gasteiger partial charge in [-0.15, -0.1) is 0 Å². The van der Waals surface area contributed by atoms with E-state index in [4.69, 9.17) is 13.6 Å². The molecule has 0 N–H and O–H groups in total. The second-order valence-electron chi connectivity index (χ2n) is 10.8. The molecule has 2 atom stereocenters. The summed E-state index contributed by atoms with van der Waals surface area (Å²) >= 11 is 0. The van der Waals surface area contributed by atoms with Gasteiger partial charge >= 0.3 is 0 Å². The monoisotopic (exact) mass is 594 g/mol. The zero-order chi connectivity index (χ0) is 29.5. The third-order valence-electron chi connectivity index (χ3n) is 7.83. The molecule has 0 radical (unpaired) electrons. The lowest BCUT2D eigenvalue weighted by Crippen LogP contribution is -2.70. The largest absolute Gasteiger partial charge is 0.457 e. The van der Waals surface area contributed by atoms with E-state index >= 15 is 0 Å². The number of hydrogen-bond acceptors (Lipinski definition) is 3. The lowest BCUT2D eigenvalue weighted by molar-refractivity contribution is 0.482. The first-order valence-electron chi connectivity index (χ1n) is 14.5. The molecule has 5 heteroatoms. The molecule has 43 heavy (non-hydrogen) atoms. The van der Waals surface area contributed by atoms with Crippen LogP contribution in [0.2, 0.25) is 13.1 Å². The first-order valence-corrected chi connectivity index (χ1v) is 19.3. The maximum Gasteiger partial charge on any atom is 0.242 e. The molecule has 6 rings (SSSR count). The van der Waals surface area contributed by atoms with Gasteiger partial charge in [-0.05, 0) is 82.4 Å². The Hall–Kier alpha value is -4.69. The van der Waals surface area contributed by atoms with Crippen molar-refractivity contribution in [3.8, 4) is 23.0 Å². The molecule has 0 saturated heterocycles. The molecule has 6 aromatic carbocycles. The zero-order valence-corrected chi connectivity index (χ0v) is 26.4. The van der Waals surface area contributed by atoms with Gasteiger partial charge in [0, 0.05) is 0 Å². The van der Waals surface area contributed by atoms with E-state index in [-0.39, 0.29) is 0 Å². The molecule has 0 spiro atoms. The average molecular weight is 595 g/mol. The minimum Gasteiger partial charge on any atom is -0.457 e. The molecule has 212 valence electrons. The van der Waals surface area contributed by atoms with E-state index in [2.05, 4.69) is 122 Å². The molecule has 0 aliphatic carbocycles. The molecular weight excluding hydrogens is 561 g/mol. The van der Waals surface area contributed by atoms with E-state index in [0.29, 0.717) is 0 Å². The summed E-state index contributed by atoms with van der Waals surface area (Å²) in [7, 11) is -5.43. The predicted octanol–water partition coefficient (Wildman–Crippen LogP) is 7.37. The van der Waals surface area contributed by atoms with Crippen LogP contribution in [0.15, 0.2) is 170 Å². The van der Waals surface area contributed by atoms with Crippen LogP contribution >= 0.6 is 0 Å². The van der Waals surface area contributed by atoms with Gasteiger partial charge in [-0.3, -0.25) is 0 Å². The fourth-order valence-corrected chi connectivity index (χ4v) is 14.5. The van der Waals surface area contributed by atoms with Crippen molar-refractivity contribution in [3.63, 3.8) is 0 Å². The Morgan fingerprint density at radius 3 is 0.884 bits per heavy atom. The maximum absolute atomic E-state index is 7.68. The Kier molecular flexibility index (Phi) is 8.38. The first kappa shape index (κ1) is 28.4. The third-order valence-corrected chi connectivity index (χ3v) is 16.8. The van der Waals surface area contributed by atoms with Crippen molar-refractivity contribution in [1.82, 2.24) is 0 Å². The number of hydrogen-bond donors (Lipinski definition) is 0. The van der Waals surface area contributed by atoms with Gasteiger partial charge in [0.15, 0.2) is 0 Å². The summed E-state index contributed by atoms with van der Waals surface area (Å²) in [4.78, 5) is 0. The van der Waals surface area contributed by atoms with Crippen LogP contribution in [0.25, 0.3) is 0 Å². The predicted molar refractivity (Wildman–Crippen MR) is 182 cm³/mol. The Morgan fingerprint density at radius 1 is 0.302 bits per heavy atom. The molecular formula is C38H34O3Si2. The van der Waals surface area contributed by atoms with Crippen molar-refractivity contribution < 1.29 is 13.6 Å². The zero-order valence-electron chi connectivity index (χ0n) is 24.4. The number of ether oxygens (including phenoxy) is 2. The van der Waals surface area contributed by atoms with Crippen LogP contribution in [0.5, 0.6) is 23.0 Å². The van der Waals surface area contributed by atoms with Gasteiger partial charge in [0.25, 0.3) is 0 Å². The summed E-state index contributed by atoms with van der Waals surface area (Å²) in [5.41, 5.74) is 0. The Bertz CT molecular complexity index is 1600. The van der Waals surface area contributed by atoms with Crippen molar-refractivity contribution in [1.29, 1.82) is 0 Å². The summed E-state index contributed by atoms with van der Waals surface area (Å²) < 4.78 is 19.9. The molecule has 0 saturated carbocycles. The van der Waals surface area contributed by atoms with E-state index < -0.39 is 16.6 Å². The van der Waals surface area contributed by atoms with Crippen LogP contribution in [0, 0.1) is 0 Å². The van der Waals surface area contributed by atoms with Crippen molar-refractivity contribution in [2.45, 2.75) is 13.1 Å². The minimum atomic E-state index is -2.72. The Balaban J connectivity index is 1.38. The van der Waals surface area contributed by atoms with Crippen LogP contribution in [0.4, 0.5) is 0 Å². The molecule has 2 unspecified atom stereocenters. The quantitative estimate of drug-likeness (QED) is 0.155. The van der Waals surface area contributed by atoms with Gasteiger partial charge in [0.2, 0.25) is 16.6 Å². The highest BCUT2D eigenvalue weighted by Crippen LogP contribution is 2.24. The smallest absolute Gasteiger partial charge is 0.242 e. The molecule has 0 aliphatic heterocycles. The van der Waals surface area contributed by atoms with Crippen LogP contribution in [-0.4, -0.2) is 16.6 Å². The lowest BCUT2D eigenvalue weighted by Gasteiger charge is -2.39. The molecule has 0 aromatic heterocycles. The van der Waals surface area contributed by atoms with Gasteiger partial charge in [-0.1, -0.05) is 121 Å². The van der Waals surface area contributed by atoms with E-state index in [9.17, 15) is 0 Å². The molecule has 6 aromatic rings. The highest BCUT2D eigenvalue weighted by molar-refractivity contribution is 7.08. The van der Waals surface area contributed by atoms with E-state index in [1.165, 1.54) is 20.7 Å². The van der Waals surface area contributed by atoms with E-state index in [1.807, 2.05) is 60.7 Å². The highest BCUT2D eigenvalue weighted by Gasteiger charge is 2.45. The Labute approximate surface area is 256 Å². The second-order valence-corrected chi connectivity index (χ2v) is 18.0. The highest BCUT2D eigenvalue weighted by atomic mass is 28.4. The van der Waals surface area contributed by atoms with Crippen LogP contribution in [-0.2, 0) is 4.12 Å². The van der Waals surface area contributed by atoms with Crippen molar-refractivity contribution in [3.05, 3.63) is 170 Å². The second kappa shape index (κ2) is 12.7. The SMILES string of the molecule is C[Si](O[Si](C)(c1ccccc1)c1ccc(Oc2ccccc2)cc1)(c1ccccc1)c1ccc(Oc2ccccc2)cc1. The van der Waals surface area contributed by atoms with Gasteiger partial charge < -0.3 is 13.6 Å². The van der Waals surface area contributed by atoms with Gasteiger partial charge in [-0.2, -0.15) is 0 Å². The van der Waals surface area contributed by atoms with Crippen LogP contribution < -0.4 is 30.2 Å². The lowest BCUT2D eigenvalue weighted by atomic mass is 10.3. The summed E-state index contributed by atoms with van der Waals surface area (Å²) in [6, 6.07) is 58.0. The van der Waals surface area contributed by atoms with Gasteiger partial charge in [0.1, 0.15) is 23.0 Å². The molecule has 0 heterocycles. The summed E-state index contributed by atoms with van der Waals surface area (Å²) in [5.74, 6) is 3.24. The first-order chi connectivity index (χ1) is 21.0. The fourth-order valence-electron chi connectivity index (χ4n) is 5.42. The average Bonchev–Trinajstić information content (AvgIpc) is 3.07. The molecule has 3 nitrogen and oxygen atoms in total. The normalized spacial score (nSPS) is 13.8. The number of rotatable bonds is 10. The fraction of sp³-hybridized carbons (Fsp3) is 0.0526. The molecule has 0 fully saturated rings. The van der Waals surface area contributed by atoms with Crippen molar-refractivity contribution >= 4 is 37.4 Å².